The fraction of sp³-hybridized carbons (Fsp3) is 0.588. The van der Waals surface area contributed by atoms with Crippen molar-refractivity contribution in [1.82, 2.24) is 19.5 Å². The number of nitrogens with one attached hydrogen (secondary N) is 1. The van der Waals surface area contributed by atoms with Gasteiger partial charge in [-0.3, -0.25) is 4.57 Å². The zero-order valence-electron chi connectivity index (χ0n) is 16.4. The Bertz CT molecular complexity index is 1000. The number of anilines is 1. The highest BCUT2D eigenvalue weighted by atomic mass is 35.5. The van der Waals surface area contributed by atoms with Gasteiger partial charge in [-0.1, -0.05) is 0 Å². The summed E-state index contributed by atoms with van der Waals surface area (Å²) in [5.41, 5.74) is 0.571. The van der Waals surface area contributed by atoms with Crippen molar-refractivity contribution >= 4 is 40.5 Å². The molecule has 0 unspecified atom stereocenters. The molecule has 2 saturated heterocycles. The van der Waals surface area contributed by atoms with Crippen molar-refractivity contribution in [2.24, 2.45) is 0 Å². The molecule has 15 heteroatoms. The number of hydrogen-bond acceptors (Lipinski definition) is 11. The predicted octanol–water partition coefficient (Wildman–Crippen LogP) is -1.15. The standard InChI is InChI=1S/C17H20ClN5O9/c18-17-21-12(20-6-1-2-30-3-6)8-13(22-17)23(5-19-8)14-10(25)9(24)7(32-14)4-31-11(15(26)27)16(28)29/h5-7,9-11,14,24-25H,1-4H2,(H,26,27)(H,28,29)(H,20,21,22)/t6-,7-,9-,10-,14-/m1/s1. The number of aliphatic carboxylic acids is 2. The molecule has 0 bridgehead atoms. The van der Waals surface area contributed by atoms with Gasteiger partial charge in [0.2, 0.25) is 5.28 Å². The number of fused-ring (bicyclic) bond motifs is 1. The molecular weight excluding hydrogens is 454 g/mol. The van der Waals surface area contributed by atoms with Crippen LogP contribution in [0.2, 0.25) is 5.28 Å². The van der Waals surface area contributed by atoms with Crippen molar-refractivity contribution in [3.63, 3.8) is 0 Å². The van der Waals surface area contributed by atoms with Gasteiger partial charge >= 0.3 is 11.9 Å². The van der Waals surface area contributed by atoms with Gasteiger partial charge in [0.25, 0.3) is 6.10 Å². The lowest BCUT2D eigenvalue weighted by Gasteiger charge is -2.17. The number of aliphatic hydroxyl groups is 2. The number of carboxylic acids is 2. The van der Waals surface area contributed by atoms with Crippen LogP contribution in [0.15, 0.2) is 6.33 Å². The quantitative estimate of drug-likeness (QED) is 0.228. The van der Waals surface area contributed by atoms with Gasteiger partial charge in [-0.15, -0.1) is 0 Å². The SMILES string of the molecule is O=C(O)C(OC[C@H]1O[C@@H](n2cnc3c(N[C@@H]4CCOC4)nc(Cl)nc32)[C@H](O)[C@@H]1O)C(=O)O. The Labute approximate surface area is 184 Å². The number of carboxylic acid groups (broad SMARTS) is 2. The molecular formula is C17H20ClN5O9. The summed E-state index contributed by atoms with van der Waals surface area (Å²) in [6.07, 6.45) is -5.39. The number of ether oxygens (including phenoxy) is 3. The second-order valence-electron chi connectivity index (χ2n) is 7.31. The van der Waals surface area contributed by atoms with E-state index in [-0.39, 0.29) is 17.0 Å². The van der Waals surface area contributed by atoms with Crippen LogP contribution >= 0.6 is 11.6 Å². The molecule has 2 aromatic heterocycles. The molecule has 0 saturated carbocycles. The number of rotatable bonds is 8. The lowest BCUT2D eigenvalue weighted by molar-refractivity contribution is -0.170. The first-order chi connectivity index (χ1) is 15.3. The highest BCUT2D eigenvalue weighted by molar-refractivity contribution is 6.28. The van der Waals surface area contributed by atoms with Crippen molar-refractivity contribution in [2.75, 3.05) is 25.1 Å². The van der Waals surface area contributed by atoms with Crippen molar-refractivity contribution in [1.29, 1.82) is 0 Å². The topological polar surface area (TPSA) is 198 Å². The Kier molecular flexibility index (Phi) is 6.41. The van der Waals surface area contributed by atoms with Gasteiger partial charge in [-0.05, 0) is 18.0 Å². The average molecular weight is 474 g/mol. The lowest BCUT2D eigenvalue weighted by Crippen LogP contribution is -2.39. The maximum absolute atomic E-state index is 11.0. The third-order valence-corrected chi connectivity index (χ3v) is 5.32. The molecule has 0 spiro atoms. The van der Waals surface area contributed by atoms with E-state index in [1.165, 1.54) is 10.9 Å². The maximum Gasteiger partial charge on any atom is 0.344 e. The summed E-state index contributed by atoms with van der Waals surface area (Å²) in [5, 5.41) is 41.7. The molecule has 0 amide bonds. The minimum atomic E-state index is -2.14. The molecule has 32 heavy (non-hydrogen) atoms. The van der Waals surface area contributed by atoms with Crippen LogP contribution in [0, 0.1) is 0 Å². The molecule has 2 fully saturated rings. The smallest absolute Gasteiger partial charge is 0.344 e. The van der Waals surface area contributed by atoms with Gasteiger partial charge in [-0.25, -0.2) is 14.6 Å². The number of aliphatic hydroxyl groups excluding tert-OH is 2. The summed E-state index contributed by atoms with van der Waals surface area (Å²) in [6, 6.07) is 0.0161. The van der Waals surface area contributed by atoms with Crippen LogP contribution in [0.4, 0.5) is 5.82 Å². The van der Waals surface area contributed by atoms with Gasteiger partial charge in [0, 0.05) is 6.61 Å². The molecule has 5 atom stereocenters. The fourth-order valence-electron chi connectivity index (χ4n) is 3.55. The number of halogens is 1. The molecule has 0 aliphatic carbocycles. The summed E-state index contributed by atoms with van der Waals surface area (Å²) >= 11 is 6.06. The van der Waals surface area contributed by atoms with Gasteiger partial charge in [-0.2, -0.15) is 9.97 Å². The predicted molar refractivity (Wildman–Crippen MR) is 104 cm³/mol. The van der Waals surface area contributed by atoms with E-state index in [2.05, 4.69) is 20.3 Å². The molecule has 2 aliphatic heterocycles. The van der Waals surface area contributed by atoms with E-state index in [0.717, 1.165) is 6.42 Å². The lowest BCUT2D eigenvalue weighted by atomic mass is 10.1. The monoisotopic (exact) mass is 473 g/mol. The van der Waals surface area contributed by atoms with E-state index in [1.807, 2.05) is 0 Å². The molecule has 174 valence electrons. The van der Waals surface area contributed by atoms with E-state index < -0.39 is 49.2 Å². The van der Waals surface area contributed by atoms with Crippen LogP contribution in [-0.2, 0) is 23.8 Å². The second-order valence-corrected chi connectivity index (χ2v) is 7.64. The molecule has 0 radical (unpaired) electrons. The van der Waals surface area contributed by atoms with Crippen molar-refractivity contribution in [2.45, 2.75) is 43.1 Å². The number of nitrogens with zero attached hydrogens (tertiary/aromatic N) is 4. The number of hydrogen-bond donors (Lipinski definition) is 5. The average Bonchev–Trinajstić information content (AvgIpc) is 3.44. The van der Waals surface area contributed by atoms with Crippen molar-refractivity contribution < 1.29 is 44.2 Å². The highest BCUT2D eigenvalue weighted by Crippen LogP contribution is 2.33. The molecule has 4 heterocycles. The van der Waals surface area contributed by atoms with E-state index in [0.29, 0.717) is 24.5 Å². The number of imidazole rings is 1. The van der Waals surface area contributed by atoms with Crippen LogP contribution in [0.1, 0.15) is 12.6 Å². The Balaban J connectivity index is 1.55. The minimum Gasteiger partial charge on any atom is -0.479 e. The Hall–Kier alpha value is -2.62. The first-order valence-electron chi connectivity index (χ1n) is 9.59. The normalized spacial score (nSPS) is 27.9. The molecule has 4 rings (SSSR count). The first-order valence-corrected chi connectivity index (χ1v) is 9.97. The van der Waals surface area contributed by atoms with E-state index in [4.69, 9.17) is 36.0 Å². The number of carbonyl (C=O) groups is 2. The summed E-state index contributed by atoms with van der Waals surface area (Å²) < 4.78 is 17.2. The number of aromatic nitrogens is 4. The van der Waals surface area contributed by atoms with E-state index in [1.54, 1.807) is 0 Å². The molecule has 2 aromatic rings. The van der Waals surface area contributed by atoms with Crippen LogP contribution in [0.5, 0.6) is 0 Å². The highest BCUT2D eigenvalue weighted by Gasteiger charge is 2.45. The van der Waals surface area contributed by atoms with Gasteiger partial charge in [0.15, 0.2) is 23.2 Å². The molecule has 2 aliphatic rings. The van der Waals surface area contributed by atoms with Gasteiger partial charge in [0.05, 0.1) is 25.6 Å². The fourth-order valence-corrected chi connectivity index (χ4v) is 3.72. The zero-order chi connectivity index (χ0) is 23.0. The van der Waals surface area contributed by atoms with Crippen LogP contribution in [0.3, 0.4) is 0 Å². The van der Waals surface area contributed by atoms with Crippen molar-refractivity contribution in [3.8, 4) is 0 Å². The van der Waals surface area contributed by atoms with Gasteiger partial charge < -0.3 is 40.0 Å². The largest absolute Gasteiger partial charge is 0.479 e. The molecule has 5 N–H and O–H groups in total. The minimum absolute atomic E-state index is 0.0161. The zero-order valence-corrected chi connectivity index (χ0v) is 17.1. The van der Waals surface area contributed by atoms with E-state index >= 15 is 0 Å². The van der Waals surface area contributed by atoms with Crippen LogP contribution in [0.25, 0.3) is 11.2 Å². The Morgan fingerprint density at radius 2 is 2.03 bits per heavy atom. The summed E-state index contributed by atoms with van der Waals surface area (Å²) in [4.78, 5) is 34.5. The maximum atomic E-state index is 11.0. The third kappa shape index (κ3) is 4.32. The van der Waals surface area contributed by atoms with Crippen molar-refractivity contribution in [3.05, 3.63) is 11.6 Å². The van der Waals surface area contributed by atoms with Gasteiger partial charge in [0.1, 0.15) is 18.3 Å². The molecule has 14 nitrogen and oxygen atoms in total. The Morgan fingerprint density at radius 3 is 2.69 bits per heavy atom. The third-order valence-electron chi connectivity index (χ3n) is 5.15. The van der Waals surface area contributed by atoms with E-state index in [9.17, 15) is 19.8 Å². The van der Waals surface area contributed by atoms with Crippen LogP contribution < -0.4 is 5.32 Å². The summed E-state index contributed by atoms with van der Waals surface area (Å²) in [6.45, 7) is 0.521. The Morgan fingerprint density at radius 1 is 1.28 bits per heavy atom. The second kappa shape index (κ2) is 9.09. The molecule has 0 aromatic carbocycles. The van der Waals surface area contributed by atoms with Crippen LogP contribution in [-0.4, -0.2) is 102 Å². The first kappa shape index (κ1) is 22.6. The summed E-state index contributed by atoms with van der Waals surface area (Å²) in [7, 11) is 0. The summed E-state index contributed by atoms with van der Waals surface area (Å²) in [5.74, 6) is -3.05.